The third kappa shape index (κ3) is 5.44. The van der Waals surface area contributed by atoms with E-state index in [4.69, 9.17) is 11.6 Å². The third-order valence-corrected chi connectivity index (χ3v) is 6.58. The molecule has 2 aliphatic heterocycles. The van der Waals surface area contributed by atoms with Gasteiger partial charge in [0, 0.05) is 29.5 Å². The van der Waals surface area contributed by atoms with E-state index in [1.165, 1.54) is 0 Å². The fourth-order valence-corrected chi connectivity index (χ4v) is 4.73. The van der Waals surface area contributed by atoms with Crippen molar-refractivity contribution in [1.82, 2.24) is 20.7 Å². The standard InChI is InChI=1S/C24H27ClF2N6/c1-14-8-21(32-31-14)30-24-23(27)18(12-28)11-19(29-24)10-16-6-7-33(15(2)9-16)13-17-4-3-5-20(25)22(17)26/h3-5,8,11,15-16,21,31-32H,6-7,9-10,13H2,1-2H3,(H,29,30)/t15-,16?,21?/m1/s1. The normalized spacial score (nSPS) is 23.0. The Morgan fingerprint density at radius 1 is 1.33 bits per heavy atom. The van der Waals surface area contributed by atoms with Gasteiger partial charge in [0.2, 0.25) is 0 Å². The van der Waals surface area contributed by atoms with Gasteiger partial charge in [-0.3, -0.25) is 4.90 Å². The molecule has 1 aromatic carbocycles. The van der Waals surface area contributed by atoms with Gasteiger partial charge in [0.05, 0.1) is 10.6 Å². The molecule has 9 heteroatoms. The summed E-state index contributed by atoms with van der Waals surface area (Å²) < 4.78 is 29.0. The van der Waals surface area contributed by atoms with Crippen LogP contribution in [0.2, 0.25) is 5.02 Å². The van der Waals surface area contributed by atoms with E-state index >= 15 is 0 Å². The average Bonchev–Trinajstić information content (AvgIpc) is 3.19. The largest absolute Gasteiger partial charge is 0.347 e. The zero-order chi connectivity index (χ0) is 23.5. The van der Waals surface area contributed by atoms with Crippen molar-refractivity contribution in [2.75, 3.05) is 11.9 Å². The number of nitriles is 1. The van der Waals surface area contributed by atoms with Crippen molar-refractivity contribution >= 4 is 17.4 Å². The van der Waals surface area contributed by atoms with Crippen LogP contribution in [0.1, 0.15) is 43.5 Å². The first-order chi connectivity index (χ1) is 15.8. The molecule has 6 nitrogen and oxygen atoms in total. The lowest BCUT2D eigenvalue weighted by Gasteiger charge is -2.38. The Bertz CT molecular complexity index is 1100. The lowest BCUT2D eigenvalue weighted by molar-refractivity contribution is 0.114. The van der Waals surface area contributed by atoms with Crippen molar-refractivity contribution in [3.05, 3.63) is 69.5 Å². The van der Waals surface area contributed by atoms with E-state index in [1.807, 2.05) is 19.1 Å². The van der Waals surface area contributed by atoms with Crippen LogP contribution in [0.5, 0.6) is 0 Å². The highest BCUT2D eigenvalue weighted by Crippen LogP contribution is 2.29. The van der Waals surface area contributed by atoms with Gasteiger partial charge in [-0.05, 0) is 63.8 Å². The van der Waals surface area contributed by atoms with E-state index in [1.54, 1.807) is 24.3 Å². The summed E-state index contributed by atoms with van der Waals surface area (Å²) in [4.78, 5) is 6.74. The molecule has 0 aliphatic carbocycles. The van der Waals surface area contributed by atoms with Gasteiger partial charge >= 0.3 is 0 Å². The Morgan fingerprint density at radius 3 is 2.85 bits per heavy atom. The molecule has 2 unspecified atom stereocenters. The minimum atomic E-state index is -0.646. The van der Waals surface area contributed by atoms with Crippen molar-refractivity contribution in [3.8, 4) is 6.07 Å². The molecule has 2 aliphatic rings. The van der Waals surface area contributed by atoms with Crippen molar-refractivity contribution in [3.63, 3.8) is 0 Å². The first-order valence-corrected chi connectivity index (χ1v) is 11.4. The molecule has 0 radical (unpaired) electrons. The number of piperidine rings is 1. The molecule has 3 atom stereocenters. The molecule has 2 aromatic rings. The maximum Gasteiger partial charge on any atom is 0.183 e. The van der Waals surface area contributed by atoms with Crippen LogP contribution in [-0.4, -0.2) is 28.6 Å². The second kappa shape index (κ2) is 10.0. The topological polar surface area (TPSA) is 76.0 Å². The van der Waals surface area contributed by atoms with Crippen LogP contribution in [-0.2, 0) is 13.0 Å². The molecule has 4 rings (SSSR count). The number of aromatic nitrogens is 1. The summed E-state index contributed by atoms with van der Waals surface area (Å²) in [6.45, 7) is 5.35. The van der Waals surface area contributed by atoms with Gasteiger partial charge < -0.3 is 10.7 Å². The highest BCUT2D eigenvalue weighted by atomic mass is 35.5. The number of nitrogens with one attached hydrogen (secondary N) is 3. The lowest BCUT2D eigenvalue weighted by atomic mass is 9.87. The lowest BCUT2D eigenvalue weighted by Crippen LogP contribution is -2.41. The van der Waals surface area contributed by atoms with Gasteiger partial charge in [0.15, 0.2) is 11.6 Å². The first kappa shape index (κ1) is 23.4. The summed E-state index contributed by atoms with van der Waals surface area (Å²) in [6.07, 6.45) is 4.02. The smallest absolute Gasteiger partial charge is 0.183 e. The predicted molar refractivity (Wildman–Crippen MR) is 124 cm³/mol. The molecule has 0 bridgehead atoms. The van der Waals surface area contributed by atoms with Crippen molar-refractivity contribution < 1.29 is 8.78 Å². The first-order valence-electron chi connectivity index (χ1n) is 11.1. The van der Waals surface area contributed by atoms with E-state index in [-0.39, 0.29) is 34.4 Å². The third-order valence-electron chi connectivity index (χ3n) is 6.29. The van der Waals surface area contributed by atoms with Crippen molar-refractivity contribution in [2.24, 2.45) is 5.92 Å². The summed E-state index contributed by atoms with van der Waals surface area (Å²) >= 11 is 5.92. The predicted octanol–water partition coefficient (Wildman–Crippen LogP) is 4.48. The SMILES string of the molecule is CC1=CC(Nc2nc(CC3CCN(Cc4cccc(Cl)c4F)[C@H](C)C3)cc(C#N)c2F)NN1. The van der Waals surface area contributed by atoms with E-state index in [0.717, 1.165) is 25.1 Å². The Hall–Kier alpha value is -2.73. The minimum Gasteiger partial charge on any atom is -0.347 e. The molecule has 0 amide bonds. The van der Waals surface area contributed by atoms with Gasteiger partial charge in [-0.15, -0.1) is 0 Å². The van der Waals surface area contributed by atoms with Crippen LogP contribution in [0.15, 0.2) is 36.0 Å². The number of pyridine rings is 1. The Labute approximate surface area is 197 Å². The van der Waals surface area contributed by atoms with Crippen LogP contribution < -0.4 is 16.2 Å². The molecule has 33 heavy (non-hydrogen) atoms. The zero-order valence-corrected chi connectivity index (χ0v) is 19.4. The number of benzene rings is 1. The molecule has 3 heterocycles. The second-order valence-electron chi connectivity index (χ2n) is 8.80. The molecular formula is C24H27ClF2N6. The second-order valence-corrected chi connectivity index (χ2v) is 9.21. The molecule has 174 valence electrons. The maximum absolute atomic E-state index is 14.7. The number of hydrogen-bond donors (Lipinski definition) is 3. The molecule has 3 N–H and O–H groups in total. The maximum atomic E-state index is 14.7. The Kier molecular flexibility index (Phi) is 7.13. The molecule has 0 spiro atoms. The van der Waals surface area contributed by atoms with Crippen LogP contribution >= 0.6 is 11.6 Å². The van der Waals surface area contributed by atoms with E-state index in [2.05, 4.69) is 33.0 Å². The van der Waals surface area contributed by atoms with Crippen molar-refractivity contribution in [2.45, 2.75) is 51.9 Å². The summed E-state index contributed by atoms with van der Waals surface area (Å²) in [5, 5.41) is 12.5. The molecule has 1 fully saturated rings. The summed E-state index contributed by atoms with van der Waals surface area (Å²) in [5.41, 5.74) is 8.11. The van der Waals surface area contributed by atoms with Gasteiger partial charge in [-0.25, -0.2) is 19.2 Å². The van der Waals surface area contributed by atoms with Crippen LogP contribution in [0, 0.1) is 28.9 Å². The van der Waals surface area contributed by atoms with E-state index in [9.17, 15) is 14.0 Å². The number of anilines is 1. The fourth-order valence-electron chi connectivity index (χ4n) is 4.54. The van der Waals surface area contributed by atoms with E-state index in [0.29, 0.717) is 30.1 Å². The van der Waals surface area contributed by atoms with E-state index < -0.39 is 5.82 Å². The highest BCUT2D eigenvalue weighted by Gasteiger charge is 2.27. The average molecular weight is 473 g/mol. The number of hydrogen-bond acceptors (Lipinski definition) is 6. The Morgan fingerprint density at radius 2 is 2.15 bits per heavy atom. The number of hydrazine groups is 1. The molecule has 1 aromatic heterocycles. The number of halogens is 3. The van der Waals surface area contributed by atoms with Gasteiger partial charge in [0.1, 0.15) is 18.1 Å². The van der Waals surface area contributed by atoms with Gasteiger partial charge in [0.25, 0.3) is 0 Å². The van der Waals surface area contributed by atoms with Crippen LogP contribution in [0.4, 0.5) is 14.6 Å². The summed E-state index contributed by atoms with van der Waals surface area (Å²) in [6, 6.07) is 8.82. The van der Waals surface area contributed by atoms with Crippen LogP contribution in [0.3, 0.4) is 0 Å². The number of nitrogens with zero attached hydrogens (tertiary/aromatic N) is 3. The van der Waals surface area contributed by atoms with Gasteiger partial charge in [-0.2, -0.15) is 5.26 Å². The number of allylic oxidation sites excluding steroid dienone is 1. The number of rotatable bonds is 6. The Balaban J connectivity index is 1.42. The quantitative estimate of drug-likeness (QED) is 0.575. The summed E-state index contributed by atoms with van der Waals surface area (Å²) in [5.74, 6) is -0.597. The molecule has 0 saturated carbocycles. The highest BCUT2D eigenvalue weighted by molar-refractivity contribution is 6.30. The monoisotopic (exact) mass is 472 g/mol. The van der Waals surface area contributed by atoms with Crippen molar-refractivity contribution in [1.29, 1.82) is 5.26 Å². The molecule has 1 saturated heterocycles. The summed E-state index contributed by atoms with van der Waals surface area (Å²) in [7, 11) is 0. The minimum absolute atomic E-state index is 0.0175. The van der Waals surface area contributed by atoms with Crippen LogP contribution in [0.25, 0.3) is 0 Å². The fraction of sp³-hybridized carbons (Fsp3) is 0.417. The zero-order valence-electron chi connectivity index (χ0n) is 18.6. The van der Waals surface area contributed by atoms with Gasteiger partial charge in [-0.1, -0.05) is 23.7 Å². The number of likely N-dealkylation sites (tertiary alicyclic amines) is 1. The molecular weight excluding hydrogens is 446 g/mol.